The molecule has 3 rings (SSSR count). The number of nitrogens with one attached hydrogen (secondary N) is 1. The van der Waals surface area contributed by atoms with Gasteiger partial charge < -0.3 is 19.9 Å². The van der Waals surface area contributed by atoms with Gasteiger partial charge in [0.05, 0.1) is 25.5 Å². The van der Waals surface area contributed by atoms with Crippen molar-refractivity contribution in [3.8, 4) is 11.5 Å². The molecule has 0 saturated heterocycles. The van der Waals surface area contributed by atoms with Crippen LogP contribution in [0.15, 0.2) is 42.7 Å². The van der Waals surface area contributed by atoms with E-state index in [2.05, 4.69) is 15.0 Å². The summed E-state index contributed by atoms with van der Waals surface area (Å²) in [5.74, 6) is 0.0811. The monoisotopic (exact) mass is 378 g/mol. The number of halogens is 2. The van der Waals surface area contributed by atoms with Crippen LogP contribution in [0.3, 0.4) is 0 Å². The van der Waals surface area contributed by atoms with Gasteiger partial charge in [-0.05, 0) is 48.6 Å². The van der Waals surface area contributed by atoms with Crippen molar-refractivity contribution in [3.63, 3.8) is 0 Å². The highest BCUT2D eigenvalue weighted by molar-refractivity contribution is 5.94. The molecule has 2 aromatic rings. The molecule has 0 bridgehead atoms. The summed E-state index contributed by atoms with van der Waals surface area (Å²) in [6.45, 7) is -2.96. The van der Waals surface area contributed by atoms with Crippen LogP contribution >= 0.6 is 0 Å². The Balaban J connectivity index is 1.80. The van der Waals surface area contributed by atoms with E-state index in [1.807, 2.05) is 0 Å². The van der Waals surface area contributed by atoms with E-state index in [-0.39, 0.29) is 23.3 Å². The molecule has 144 valence electrons. The maximum Gasteiger partial charge on any atom is 0.387 e. The van der Waals surface area contributed by atoms with Crippen LogP contribution in [0.4, 0.5) is 8.78 Å². The molecule has 2 N–H and O–H groups in total. The third-order valence-electron chi connectivity index (χ3n) is 4.56. The van der Waals surface area contributed by atoms with Crippen LogP contribution in [-0.2, 0) is 0 Å². The van der Waals surface area contributed by atoms with Crippen molar-refractivity contribution < 1.29 is 28.2 Å². The predicted octanol–water partition coefficient (Wildman–Crippen LogP) is 2.93. The number of alkyl halides is 2. The zero-order valence-electron chi connectivity index (χ0n) is 14.6. The van der Waals surface area contributed by atoms with Crippen LogP contribution in [0.5, 0.6) is 11.5 Å². The number of pyridine rings is 1. The minimum atomic E-state index is -2.96. The number of carbonyl (C=O) groups is 1. The number of benzene rings is 1. The molecule has 1 amide bonds. The van der Waals surface area contributed by atoms with Gasteiger partial charge in [-0.1, -0.05) is 6.07 Å². The number of methoxy groups -OCH3 is 1. The zero-order chi connectivity index (χ0) is 19.4. The van der Waals surface area contributed by atoms with Crippen LogP contribution in [0.25, 0.3) is 0 Å². The van der Waals surface area contributed by atoms with Gasteiger partial charge in [-0.15, -0.1) is 0 Å². The first-order valence-corrected chi connectivity index (χ1v) is 8.49. The minimum absolute atomic E-state index is 0.0401. The van der Waals surface area contributed by atoms with E-state index in [9.17, 15) is 18.7 Å². The Hall–Kier alpha value is -2.74. The largest absolute Gasteiger partial charge is 0.495 e. The summed E-state index contributed by atoms with van der Waals surface area (Å²) in [4.78, 5) is 16.8. The molecule has 1 aromatic heterocycles. The summed E-state index contributed by atoms with van der Waals surface area (Å²) in [7, 11) is 1.52. The number of rotatable bonds is 7. The number of nitrogens with zero attached hydrogens (tertiary/aromatic N) is 1. The molecular weight excluding hydrogens is 358 g/mol. The molecular formula is C19H20F2N2O4. The van der Waals surface area contributed by atoms with E-state index in [0.29, 0.717) is 18.6 Å². The number of aromatic nitrogens is 1. The van der Waals surface area contributed by atoms with Crippen LogP contribution in [0, 0.1) is 5.92 Å². The lowest BCUT2D eigenvalue weighted by atomic mass is 9.75. The summed E-state index contributed by atoms with van der Waals surface area (Å²) in [5.41, 5.74) is 0.952. The highest BCUT2D eigenvalue weighted by Crippen LogP contribution is 2.38. The fourth-order valence-electron chi connectivity index (χ4n) is 3.13. The molecule has 27 heavy (non-hydrogen) atoms. The van der Waals surface area contributed by atoms with E-state index >= 15 is 0 Å². The predicted molar refractivity (Wildman–Crippen MR) is 92.8 cm³/mol. The molecule has 1 atom stereocenters. The number of aliphatic hydroxyl groups excluding tert-OH is 1. The lowest BCUT2D eigenvalue weighted by Crippen LogP contribution is -2.41. The van der Waals surface area contributed by atoms with Crippen molar-refractivity contribution in [2.75, 3.05) is 7.11 Å². The number of carbonyl (C=O) groups excluding carboxylic acids is 1. The highest BCUT2D eigenvalue weighted by Gasteiger charge is 2.36. The standard InChI is InChI=1S/C19H20F2N2O4/c1-26-16-8-13(9-22-10-16)17(12-5-14(24)6-12)23-18(25)11-3-2-4-15(7-11)27-19(20)21/h2-4,7-10,12,14,17,19,24H,5-6H2,1H3,(H,23,25)/t12?,14?,17-/m0/s1. The molecule has 0 aliphatic heterocycles. The Kier molecular flexibility index (Phi) is 5.85. The third-order valence-corrected chi connectivity index (χ3v) is 4.56. The lowest BCUT2D eigenvalue weighted by molar-refractivity contribution is -0.0498. The van der Waals surface area contributed by atoms with Crippen molar-refractivity contribution in [1.82, 2.24) is 10.3 Å². The quantitative estimate of drug-likeness (QED) is 0.774. The Morgan fingerprint density at radius 1 is 1.26 bits per heavy atom. The lowest BCUT2D eigenvalue weighted by Gasteiger charge is -2.38. The van der Waals surface area contributed by atoms with Crippen LogP contribution in [0.1, 0.15) is 34.8 Å². The Morgan fingerprint density at radius 3 is 2.70 bits per heavy atom. The molecule has 6 nitrogen and oxygen atoms in total. The van der Waals surface area contributed by atoms with Gasteiger partial charge in [-0.25, -0.2) is 0 Å². The van der Waals surface area contributed by atoms with Crippen molar-refractivity contribution in [1.29, 1.82) is 0 Å². The summed E-state index contributed by atoms with van der Waals surface area (Å²) in [6, 6.07) is 7.00. The van der Waals surface area contributed by atoms with Crippen molar-refractivity contribution in [2.24, 2.45) is 5.92 Å². The van der Waals surface area contributed by atoms with Gasteiger partial charge >= 0.3 is 6.61 Å². The Morgan fingerprint density at radius 2 is 2.04 bits per heavy atom. The maximum atomic E-state index is 12.7. The number of hydrogen-bond acceptors (Lipinski definition) is 5. The molecule has 1 aromatic carbocycles. The molecule has 0 radical (unpaired) electrons. The Bertz CT molecular complexity index is 797. The van der Waals surface area contributed by atoms with Gasteiger partial charge in [0.15, 0.2) is 0 Å². The van der Waals surface area contributed by atoms with Gasteiger partial charge in [-0.2, -0.15) is 8.78 Å². The summed E-state index contributed by atoms with van der Waals surface area (Å²) < 4.78 is 34.3. The number of ether oxygens (including phenoxy) is 2. The van der Waals surface area contributed by atoms with Crippen molar-refractivity contribution in [3.05, 3.63) is 53.9 Å². The first-order chi connectivity index (χ1) is 13.0. The summed E-state index contributed by atoms with van der Waals surface area (Å²) >= 11 is 0. The second-order valence-electron chi connectivity index (χ2n) is 6.40. The molecule has 1 heterocycles. The first-order valence-electron chi connectivity index (χ1n) is 8.49. The third kappa shape index (κ3) is 4.71. The second kappa shape index (κ2) is 8.30. The molecule has 1 aliphatic carbocycles. The molecule has 0 spiro atoms. The Labute approximate surface area is 155 Å². The van der Waals surface area contributed by atoms with Gasteiger partial charge in [0.2, 0.25) is 0 Å². The smallest absolute Gasteiger partial charge is 0.387 e. The fraction of sp³-hybridized carbons (Fsp3) is 0.368. The zero-order valence-corrected chi connectivity index (χ0v) is 14.6. The average Bonchev–Trinajstić information content (AvgIpc) is 2.63. The second-order valence-corrected chi connectivity index (χ2v) is 6.40. The number of hydrogen-bond donors (Lipinski definition) is 2. The number of aliphatic hydroxyl groups is 1. The van der Waals surface area contributed by atoms with E-state index in [4.69, 9.17) is 4.74 Å². The van der Waals surface area contributed by atoms with E-state index in [1.54, 1.807) is 18.5 Å². The first kappa shape index (κ1) is 19.0. The average molecular weight is 378 g/mol. The fourth-order valence-corrected chi connectivity index (χ4v) is 3.13. The highest BCUT2D eigenvalue weighted by atomic mass is 19.3. The van der Waals surface area contributed by atoms with E-state index in [0.717, 1.165) is 5.56 Å². The SMILES string of the molecule is COc1cncc([C@@H](NC(=O)c2cccc(OC(F)F)c2)C2CC(O)C2)c1. The van der Waals surface area contributed by atoms with Gasteiger partial charge in [-0.3, -0.25) is 9.78 Å². The molecule has 0 unspecified atom stereocenters. The van der Waals surface area contributed by atoms with Crippen LogP contribution < -0.4 is 14.8 Å². The van der Waals surface area contributed by atoms with Crippen molar-refractivity contribution >= 4 is 5.91 Å². The van der Waals surface area contributed by atoms with E-state index < -0.39 is 18.6 Å². The minimum Gasteiger partial charge on any atom is -0.495 e. The van der Waals surface area contributed by atoms with Gasteiger partial charge in [0.25, 0.3) is 5.91 Å². The molecule has 1 fully saturated rings. The molecule has 1 saturated carbocycles. The van der Waals surface area contributed by atoms with E-state index in [1.165, 1.54) is 31.4 Å². The maximum absolute atomic E-state index is 12.7. The van der Waals surface area contributed by atoms with Crippen LogP contribution in [0.2, 0.25) is 0 Å². The number of amides is 1. The van der Waals surface area contributed by atoms with Gasteiger partial charge in [0.1, 0.15) is 11.5 Å². The summed E-state index contributed by atoms with van der Waals surface area (Å²) in [5, 5.41) is 12.6. The van der Waals surface area contributed by atoms with Gasteiger partial charge in [0, 0.05) is 11.8 Å². The topological polar surface area (TPSA) is 80.7 Å². The molecule has 1 aliphatic rings. The van der Waals surface area contributed by atoms with Crippen LogP contribution in [-0.4, -0.2) is 35.8 Å². The summed E-state index contributed by atoms with van der Waals surface area (Å²) in [6.07, 6.45) is 3.90. The molecule has 8 heteroatoms. The normalized spacial score (nSPS) is 19.9. The van der Waals surface area contributed by atoms with Crippen molar-refractivity contribution in [2.45, 2.75) is 31.6 Å².